The molecule has 102 valence electrons. The zero-order chi connectivity index (χ0) is 14.2. The quantitative estimate of drug-likeness (QED) is 0.925. The van der Waals surface area contributed by atoms with Crippen molar-refractivity contribution in [1.29, 1.82) is 0 Å². The van der Waals surface area contributed by atoms with Crippen LogP contribution in [0.25, 0.3) is 0 Å². The summed E-state index contributed by atoms with van der Waals surface area (Å²) in [6, 6.07) is 7.49. The Morgan fingerprint density at radius 3 is 2.63 bits per heavy atom. The molecule has 0 aliphatic carbocycles. The van der Waals surface area contributed by atoms with Crippen molar-refractivity contribution < 1.29 is 5.11 Å². The van der Waals surface area contributed by atoms with E-state index in [0.717, 1.165) is 21.4 Å². The molecular weight excluding hydrogens is 328 g/mol. The maximum atomic E-state index is 10.7. The van der Waals surface area contributed by atoms with E-state index in [2.05, 4.69) is 21.0 Å². The summed E-state index contributed by atoms with van der Waals surface area (Å²) in [5, 5.41) is 15.5. The zero-order valence-electron chi connectivity index (χ0n) is 11.1. The molecule has 0 radical (unpaired) electrons. The van der Waals surface area contributed by atoms with E-state index in [1.807, 2.05) is 32.2 Å². The van der Waals surface area contributed by atoms with E-state index in [0.29, 0.717) is 11.4 Å². The molecule has 3 nitrogen and oxygen atoms in total. The highest BCUT2D eigenvalue weighted by atomic mass is 79.9. The summed E-state index contributed by atoms with van der Waals surface area (Å²) in [6.07, 6.45) is 0.464. The van der Waals surface area contributed by atoms with Gasteiger partial charge in [0.15, 0.2) is 0 Å². The van der Waals surface area contributed by atoms with Crippen LogP contribution in [0.15, 0.2) is 28.7 Å². The minimum Gasteiger partial charge on any atom is -0.385 e. The van der Waals surface area contributed by atoms with E-state index in [1.165, 1.54) is 0 Å². The van der Waals surface area contributed by atoms with Gasteiger partial charge in [0.2, 0.25) is 0 Å². The van der Waals surface area contributed by atoms with Gasteiger partial charge < -0.3 is 5.11 Å². The third-order valence-corrected chi connectivity index (χ3v) is 3.94. The van der Waals surface area contributed by atoms with Gasteiger partial charge >= 0.3 is 0 Å². The second-order valence-corrected chi connectivity index (χ2v) is 6.30. The predicted molar refractivity (Wildman–Crippen MR) is 80.4 cm³/mol. The van der Waals surface area contributed by atoms with E-state index in [4.69, 9.17) is 11.6 Å². The second kappa shape index (κ2) is 5.27. The van der Waals surface area contributed by atoms with Gasteiger partial charge in [-0.15, -0.1) is 0 Å². The molecule has 0 aliphatic heterocycles. The SMILES string of the molecule is Cc1cc(CC(C)(O)c2ccc(Br)cc2Cl)n(C)n1. The predicted octanol–water partition coefficient (Wildman–Crippen LogP) is 3.59. The van der Waals surface area contributed by atoms with Gasteiger partial charge in [0, 0.05) is 34.2 Å². The largest absolute Gasteiger partial charge is 0.385 e. The van der Waals surface area contributed by atoms with Crippen LogP contribution in [0.5, 0.6) is 0 Å². The van der Waals surface area contributed by atoms with Gasteiger partial charge in [0.1, 0.15) is 0 Å². The topological polar surface area (TPSA) is 38.0 Å². The van der Waals surface area contributed by atoms with Crippen LogP contribution in [-0.2, 0) is 19.1 Å². The number of nitrogens with zero attached hydrogens (tertiary/aromatic N) is 2. The second-order valence-electron chi connectivity index (χ2n) is 4.98. The fraction of sp³-hybridized carbons (Fsp3) is 0.357. The monoisotopic (exact) mass is 342 g/mol. The molecule has 1 aromatic heterocycles. The lowest BCUT2D eigenvalue weighted by atomic mass is 9.91. The molecular formula is C14H16BrClN2O. The van der Waals surface area contributed by atoms with Crippen LogP contribution in [-0.4, -0.2) is 14.9 Å². The third-order valence-electron chi connectivity index (χ3n) is 3.14. The Labute approximate surface area is 126 Å². The Hall–Kier alpha value is -0.840. The molecule has 5 heteroatoms. The van der Waals surface area contributed by atoms with E-state index in [1.54, 1.807) is 17.7 Å². The van der Waals surface area contributed by atoms with Gasteiger partial charge in [-0.25, -0.2) is 0 Å². The first-order valence-electron chi connectivity index (χ1n) is 5.97. The van der Waals surface area contributed by atoms with Crippen LogP contribution in [0.1, 0.15) is 23.9 Å². The average molecular weight is 344 g/mol. The number of halogens is 2. The molecule has 1 heterocycles. The molecule has 1 unspecified atom stereocenters. The molecule has 1 atom stereocenters. The number of rotatable bonds is 3. The molecule has 0 fully saturated rings. The normalized spacial score (nSPS) is 14.4. The molecule has 0 spiro atoms. The smallest absolute Gasteiger partial charge is 0.0938 e. The van der Waals surface area contributed by atoms with Crippen LogP contribution >= 0.6 is 27.5 Å². The lowest BCUT2D eigenvalue weighted by molar-refractivity contribution is 0.0557. The minimum atomic E-state index is -1.03. The van der Waals surface area contributed by atoms with E-state index >= 15 is 0 Å². The van der Waals surface area contributed by atoms with Crippen molar-refractivity contribution in [2.24, 2.45) is 7.05 Å². The summed E-state index contributed by atoms with van der Waals surface area (Å²) in [5.74, 6) is 0. The first-order valence-corrected chi connectivity index (χ1v) is 7.14. The molecule has 2 aromatic rings. The maximum Gasteiger partial charge on any atom is 0.0938 e. The lowest BCUT2D eigenvalue weighted by Gasteiger charge is -2.25. The number of aryl methyl sites for hydroxylation is 2. The zero-order valence-corrected chi connectivity index (χ0v) is 13.5. The van der Waals surface area contributed by atoms with Crippen molar-refractivity contribution >= 4 is 27.5 Å². The molecule has 0 aliphatic rings. The number of hydrogen-bond donors (Lipinski definition) is 1. The number of aromatic nitrogens is 2. The van der Waals surface area contributed by atoms with Crippen molar-refractivity contribution in [3.63, 3.8) is 0 Å². The lowest BCUT2D eigenvalue weighted by Crippen LogP contribution is -2.26. The Bertz CT molecular complexity index is 607. The van der Waals surface area contributed by atoms with E-state index in [9.17, 15) is 5.11 Å². The Morgan fingerprint density at radius 2 is 2.11 bits per heavy atom. The summed E-state index contributed by atoms with van der Waals surface area (Å²) in [5.41, 5.74) is 1.60. The van der Waals surface area contributed by atoms with Gasteiger partial charge in [-0.05, 0) is 32.0 Å². The van der Waals surface area contributed by atoms with Gasteiger partial charge in [0.05, 0.1) is 11.3 Å². The van der Waals surface area contributed by atoms with Gasteiger partial charge in [-0.3, -0.25) is 4.68 Å². The van der Waals surface area contributed by atoms with E-state index in [-0.39, 0.29) is 0 Å². The van der Waals surface area contributed by atoms with Crippen molar-refractivity contribution in [2.75, 3.05) is 0 Å². The van der Waals surface area contributed by atoms with Gasteiger partial charge in [-0.2, -0.15) is 5.10 Å². The first-order chi connectivity index (χ1) is 8.79. The van der Waals surface area contributed by atoms with Gasteiger partial charge in [-0.1, -0.05) is 33.6 Å². The standard InChI is InChI=1S/C14H16BrClN2O/c1-9-6-11(18(3)17-9)8-14(2,19)12-5-4-10(15)7-13(12)16/h4-7,19H,8H2,1-3H3. The summed E-state index contributed by atoms with van der Waals surface area (Å²) >= 11 is 9.58. The summed E-state index contributed by atoms with van der Waals surface area (Å²) in [6.45, 7) is 3.70. The Kier molecular flexibility index (Phi) is 4.04. The maximum absolute atomic E-state index is 10.7. The summed E-state index contributed by atoms with van der Waals surface area (Å²) in [7, 11) is 1.88. The number of benzene rings is 1. The average Bonchev–Trinajstić information content (AvgIpc) is 2.55. The molecule has 1 aromatic carbocycles. The molecule has 19 heavy (non-hydrogen) atoms. The molecule has 0 amide bonds. The highest BCUT2D eigenvalue weighted by molar-refractivity contribution is 9.10. The van der Waals surface area contributed by atoms with Crippen molar-refractivity contribution in [1.82, 2.24) is 9.78 Å². The summed E-state index contributed by atoms with van der Waals surface area (Å²) in [4.78, 5) is 0. The summed E-state index contributed by atoms with van der Waals surface area (Å²) < 4.78 is 2.68. The van der Waals surface area contributed by atoms with Crippen LogP contribution in [0.2, 0.25) is 5.02 Å². The molecule has 0 saturated carbocycles. The Morgan fingerprint density at radius 1 is 1.42 bits per heavy atom. The fourth-order valence-corrected chi connectivity index (χ4v) is 3.08. The highest BCUT2D eigenvalue weighted by Crippen LogP contribution is 2.32. The fourth-order valence-electron chi connectivity index (χ4n) is 2.20. The van der Waals surface area contributed by atoms with E-state index < -0.39 is 5.60 Å². The number of aliphatic hydroxyl groups is 1. The van der Waals surface area contributed by atoms with Crippen molar-refractivity contribution in [3.05, 3.63) is 50.7 Å². The first kappa shape index (κ1) is 14.6. The molecule has 0 saturated heterocycles. The molecule has 2 rings (SSSR count). The van der Waals surface area contributed by atoms with Crippen LogP contribution in [0.4, 0.5) is 0 Å². The Balaban J connectivity index is 2.34. The van der Waals surface area contributed by atoms with Crippen LogP contribution in [0, 0.1) is 6.92 Å². The molecule has 1 N–H and O–H groups in total. The van der Waals surface area contributed by atoms with Gasteiger partial charge in [0.25, 0.3) is 0 Å². The van der Waals surface area contributed by atoms with Crippen LogP contribution in [0.3, 0.4) is 0 Å². The van der Waals surface area contributed by atoms with Crippen molar-refractivity contribution in [3.8, 4) is 0 Å². The highest BCUT2D eigenvalue weighted by Gasteiger charge is 2.27. The molecule has 0 bridgehead atoms. The minimum absolute atomic E-state index is 0.464. The number of hydrogen-bond acceptors (Lipinski definition) is 2. The van der Waals surface area contributed by atoms with Crippen LogP contribution < -0.4 is 0 Å². The third kappa shape index (κ3) is 3.19. The van der Waals surface area contributed by atoms with Crippen molar-refractivity contribution in [2.45, 2.75) is 25.9 Å².